The lowest BCUT2D eigenvalue weighted by Gasteiger charge is -2.22. The lowest BCUT2D eigenvalue weighted by atomic mass is 9.89. The third kappa shape index (κ3) is 3.07. The molecule has 1 aromatic rings. The minimum Gasteiger partial charge on any atom is -0.359 e. The summed E-state index contributed by atoms with van der Waals surface area (Å²) in [4.78, 5) is 26.2. The molecule has 1 aliphatic rings. The number of rotatable bonds is 4. The van der Waals surface area contributed by atoms with E-state index in [0.29, 0.717) is 13.1 Å². The number of Topliss-reactive ketones (excluding diaryl/α,β-unsaturated/α-hetero) is 1. The van der Waals surface area contributed by atoms with Crippen LogP contribution in [0.5, 0.6) is 0 Å². The van der Waals surface area contributed by atoms with Gasteiger partial charge in [-0.1, -0.05) is 23.8 Å². The molecule has 20 heavy (non-hydrogen) atoms. The average Bonchev–Trinajstić information content (AvgIpc) is 2.80. The van der Waals surface area contributed by atoms with E-state index in [1.807, 2.05) is 38.1 Å². The predicted molar refractivity (Wildman–Crippen MR) is 78.7 cm³/mol. The first-order chi connectivity index (χ1) is 9.44. The maximum Gasteiger partial charge on any atom is 0.227 e. The van der Waals surface area contributed by atoms with E-state index in [-0.39, 0.29) is 17.1 Å². The van der Waals surface area contributed by atoms with Crippen molar-refractivity contribution in [1.29, 1.82) is 0 Å². The van der Waals surface area contributed by atoms with Gasteiger partial charge in [0.05, 0.1) is 12.0 Å². The lowest BCUT2D eigenvalue weighted by molar-refractivity contribution is -0.129. The second kappa shape index (κ2) is 5.75. The first-order valence-corrected chi connectivity index (χ1v) is 6.99. The third-order valence-corrected chi connectivity index (χ3v) is 4.03. The van der Waals surface area contributed by atoms with Crippen LogP contribution >= 0.6 is 0 Å². The molecule has 0 aromatic heterocycles. The highest BCUT2D eigenvalue weighted by Gasteiger charge is 2.40. The summed E-state index contributed by atoms with van der Waals surface area (Å²) in [6, 6.07) is 7.65. The molecule has 0 aliphatic carbocycles. The van der Waals surface area contributed by atoms with Gasteiger partial charge < -0.3 is 5.32 Å². The zero-order valence-electron chi connectivity index (χ0n) is 12.4. The molecule has 1 N–H and O–H groups in total. The number of carbonyl (C=O) groups excluding carboxylic acids is 2. The Bertz CT molecular complexity index is 527. The Labute approximate surface area is 120 Å². The molecule has 1 saturated heterocycles. The van der Waals surface area contributed by atoms with Crippen LogP contribution in [-0.4, -0.2) is 43.3 Å². The normalized spacial score (nSPS) is 22.8. The quantitative estimate of drug-likeness (QED) is 0.849. The number of ketones is 1. The SMILES string of the molecule is CNC(=O)C1(C)CCN(CC(=O)c2cccc(C)c2)C1. The lowest BCUT2D eigenvalue weighted by Crippen LogP contribution is -2.40. The van der Waals surface area contributed by atoms with Crippen molar-refractivity contribution < 1.29 is 9.59 Å². The Balaban J connectivity index is 1.99. The third-order valence-electron chi connectivity index (χ3n) is 4.03. The Kier molecular flexibility index (Phi) is 4.23. The minimum atomic E-state index is -0.373. The highest BCUT2D eigenvalue weighted by atomic mass is 16.2. The number of hydrogen-bond donors (Lipinski definition) is 1. The first kappa shape index (κ1) is 14.7. The molecule has 1 fully saturated rings. The van der Waals surface area contributed by atoms with Gasteiger partial charge in [-0.2, -0.15) is 0 Å². The molecule has 0 radical (unpaired) electrons. The summed E-state index contributed by atoms with van der Waals surface area (Å²) in [7, 11) is 1.66. The molecule has 1 aliphatic heterocycles. The first-order valence-electron chi connectivity index (χ1n) is 6.99. The molecular weight excluding hydrogens is 252 g/mol. The number of hydrogen-bond acceptors (Lipinski definition) is 3. The van der Waals surface area contributed by atoms with E-state index in [1.54, 1.807) is 7.05 Å². The molecular formula is C16H22N2O2. The maximum absolute atomic E-state index is 12.3. The van der Waals surface area contributed by atoms with E-state index in [9.17, 15) is 9.59 Å². The van der Waals surface area contributed by atoms with Crippen LogP contribution in [0.25, 0.3) is 0 Å². The summed E-state index contributed by atoms with van der Waals surface area (Å²) in [5.41, 5.74) is 1.47. The van der Waals surface area contributed by atoms with Crippen molar-refractivity contribution in [3.8, 4) is 0 Å². The van der Waals surface area contributed by atoms with Crippen LogP contribution in [-0.2, 0) is 4.79 Å². The number of nitrogens with zero attached hydrogens (tertiary/aromatic N) is 1. The largest absolute Gasteiger partial charge is 0.359 e. The van der Waals surface area contributed by atoms with Crippen LogP contribution in [0.3, 0.4) is 0 Å². The number of carbonyl (C=O) groups is 2. The van der Waals surface area contributed by atoms with E-state index in [2.05, 4.69) is 10.2 Å². The summed E-state index contributed by atoms with van der Waals surface area (Å²) in [5.74, 6) is 0.179. The molecule has 0 spiro atoms. The summed E-state index contributed by atoms with van der Waals surface area (Å²) in [5, 5.41) is 2.71. The summed E-state index contributed by atoms with van der Waals surface area (Å²) < 4.78 is 0. The fourth-order valence-electron chi connectivity index (χ4n) is 2.79. The molecule has 1 aromatic carbocycles. The summed E-state index contributed by atoms with van der Waals surface area (Å²) in [6.45, 7) is 5.76. The van der Waals surface area contributed by atoms with Gasteiger partial charge in [0.15, 0.2) is 5.78 Å². The van der Waals surface area contributed by atoms with E-state index >= 15 is 0 Å². The number of benzene rings is 1. The molecule has 0 bridgehead atoms. The number of nitrogens with one attached hydrogen (secondary N) is 1. The molecule has 1 heterocycles. The standard InChI is InChI=1S/C16H22N2O2/c1-12-5-4-6-13(9-12)14(19)10-18-8-7-16(2,11-18)15(20)17-3/h4-6,9H,7-8,10-11H2,1-3H3,(H,17,20). The van der Waals surface area contributed by atoms with Crippen molar-refractivity contribution in [1.82, 2.24) is 10.2 Å². The van der Waals surface area contributed by atoms with Crippen LogP contribution in [0.4, 0.5) is 0 Å². The van der Waals surface area contributed by atoms with Gasteiger partial charge in [0, 0.05) is 19.2 Å². The van der Waals surface area contributed by atoms with Gasteiger partial charge in [0.1, 0.15) is 0 Å². The van der Waals surface area contributed by atoms with Crippen LogP contribution in [0.2, 0.25) is 0 Å². The zero-order chi connectivity index (χ0) is 14.8. The molecule has 4 nitrogen and oxygen atoms in total. The highest BCUT2D eigenvalue weighted by Crippen LogP contribution is 2.30. The Morgan fingerprint density at radius 3 is 2.80 bits per heavy atom. The van der Waals surface area contributed by atoms with Gasteiger partial charge in [0.25, 0.3) is 0 Å². The minimum absolute atomic E-state index is 0.0583. The van der Waals surface area contributed by atoms with Crippen LogP contribution < -0.4 is 5.32 Å². The monoisotopic (exact) mass is 274 g/mol. The van der Waals surface area contributed by atoms with E-state index in [4.69, 9.17) is 0 Å². The van der Waals surface area contributed by atoms with Gasteiger partial charge in [0.2, 0.25) is 5.91 Å². The van der Waals surface area contributed by atoms with Gasteiger partial charge in [-0.25, -0.2) is 0 Å². The Hall–Kier alpha value is -1.68. The molecule has 1 atom stereocenters. The van der Waals surface area contributed by atoms with Crippen molar-refractivity contribution >= 4 is 11.7 Å². The predicted octanol–water partition coefficient (Wildman–Crippen LogP) is 1.64. The van der Waals surface area contributed by atoms with Gasteiger partial charge in [-0.3, -0.25) is 14.5 Å². The molecule has 4 heteroatoms. The fourth-order valence-corrected chi connectivity index (χ4v) is 2.79. The van der Waals surface area contributed by atoms with Crippen LogP contribution in [0, 0.1) is 12.3 Å². The Morgan fingerprint density at radius 2 is 2.15 bits per heavy atom. The average molecular weight is 274 g/mol. The maximum atomic E-state index is 12.3. The highest BCUT2D eigenvalue weighted by molar-refractivity contribution is 5.97. The summed E-state index contributed by atoms with van der Waals surface area (Å²) >= 11 is 0. The molecule has 1 amide bonds. The topological polar surface area (TPSA) is 49.4 Å². The Morgan fingerprint density at radius 1 is 1.40 bits per heavy atom. The summed E-state index contributed by atoms with van der Waals surface area (Å²) in [6.07, 6.45) is 0.799. The number of amides is 1. The molecule has 1 unspecified atom stereocenters. The second-order valence-electron chi connectivity index (χ2n) is 5.89. The molecule has 2 rings (SSSR count). The van der Waals surface area contributed by atoms with Crippen molar-refractivity contribution in [2.24, 2.45) is 5.41 Å². The number of likely N-dealkylation sites (tertiary alicyclic amines) is 1. The van der Waals surface area contributed by atoms with Gasteiger partial charge in [-0.05, 0) is 32.9 Å². The van der Waals surface area contributed by atoms with Crippen molar-refractivity contribution in [3.63, 3.8) is 0 Å². The van der Waals surface area contributed by atoms with E-state index in [0.717, 1.165) is 24.1 Å². The van der Waals surface area contributed by atoms with Crippen molar-refractivity contribution in [3.05, 3.63) is 35.4 Å². The van der Waals surface area contributed by atoms with Crippen LogP contribution in [0.1, 0.15) is 29.3 Å². The van der Waals surface area contributed by atoms with Gasteiger partial charge >= 0.3 is 0 Å². The van der Waals surface area contributed by atoms with E-state index in [1.165, 1.54) is 0 Å². The molecule has 108 valence electrons. The van der Waals surface area contributed by atoms with Gasteiger partial charge in [-0.15, -0.1) is 0 Å². The van der Waals surface area contributed by atoms with Crippen LogP contribution in [0.15, 0.2) is 24.3 Å². The smallest absolute Gasteiger partial charge is 0.227 e. The number of aryl methyl sites for hydroxylation is 1. The van der Waals surface area contributed by atoms with Crippen molar-refractivity contribution in [2.45, 2.75) is 20.3 Å². The fraction of sp³-hybridized carbons (Fsp3) is 0.500. The molecule has 0 saturated carbocycles. The second-order valence-corrected chi connectivity index (χ2v) is 5.89. The van der Waals surface area contributed by atoms with E-state index < -0.39 is 0 Å². The zero-order valence-corrected chi connectivity index (χ0v) is 12.4. The van der Waals surface area contributed by atoms with Crippen molar-refractivity contribution in [2.75, 3.05) is 26.7 Å².